The zero-order valence-corrected chi connectivity index (χ0v) is 15.0. The highest BCUT2D eigenvalue weighted by molar-refractivity contribution is 6.30. The Bertz CT molecular complexity index is 632. The maximum Gasteiger partial charge on any atom is 0.0535 e. The molecule has 1 atom stereocenters. The summed E-state index contributed by atoms with van der Waals surface area (Å²) in [4.78, 5) is 7.59. The van der Waals surface area contributed by atoms with Crippen LogP contribution in [0.15, 0.2) is 48.2 Å². The second kappa shape index (κ2) is 7.20. The summed E-state index contributed by atoms with van der Waals surface area (Å²) in [5, 5.41) is 0.826. The fourth-order valence-electron chi connectivity index (χ4n) is 4.09. The third kappa shape index (κ3) is 3.47. The van der Waals surface area contributed by atoms with Gasteiger partial charge in [-0.1, -0.05) is 23.7 Å². The quantitative estimate of drug-likeness (QED) is 0.824. The number of hydrogen-bond donors (Lipinski definition) is 0. The molecule has 3 nitrogen and oxygen atoms in total. The van der Waals surface area contributed by atoms with Crippen LogP contribution < -0.4 is 4.90 Å². The molecule has 0 spiro atoms. The highest BCUT2D eigenvalue weighted by Gasteiger charge is 2.26. The van der Waals surface area contributed by atoms with E-state index in [0.717, 1.165) is 44.3 Å². The molecule has 4 rings (SSSR count). The van der Waals surface area contributed by atoms with Crippen molar-refractivity contribution >= 4 is 17.3 Å². The van der Waals surface area contributed by atoms with E-state index in [1.807, 2.05) is 12.1 Å². The van der Waals surface area contributed by atoms with Gasteiger partial charge in [0.2, 0.25) is 0 Å². The second-order valence-corrected chi connectivity index (χ2v) is 7.45. The molecule has 1 fully saturated rings. The minimum Gasteiger partial charge on any atom is -0.369 e. The topological polar surface area (TPSA) is 9.72 Å². The maximum atomic E-state index is 6.12. The highest BCUT2D eigenvalue weighted by atomic mass is 35.5. The number of nitrogens with zero attached hydrogens (tertiary/aromatic N) is 3. The van der Waals surface area contributed by atoms with Crippen molar-refractivity contribution in [1.29, 1.82) is 0 Å². The first kappa shape index (κ1) is 16.0. The van der Waals surface area contributed by atoms with Crippen LogP contribution in [-0.4, -0.2) is 55.1 Å². The van der Waals surface area contributed by atoms with Gasteiger partial charge in [-0.15, -0.1) is 0 Å². The van der Waals surface area contributed by atoms with Gasteiger partial charge < -0.3 is 9.80 Å². The van der Waals surface area contributed by atoms with Gasteiger partial charge in [-0.3, -0.25) is 4.90 Å². The number of anilines is 1. The third-order valence-corrected chi connectivity index (χ3v) is 5.76. The third-order valence-electron chi connectivity index (χ3n) is 5.53. The molecule has 2 aliphatic heterocycles. The van der Waals surface area contributed by atoms with E-state index in [9.17, 15) is 0 Å². The fourth-order valence-corrected chi connectivity index (χ4v) is 4.28. The first-order valence-corrected chi connectivity index (χ1v) is 9.54. The lowest BCUT2D eigenvalue weighted by molar-refractivity contribution is 0.210. The molecule has 0 bridgehead atoms. The van der Waals surface area contributed by atoms with E-state index >= 15 is 0 Å². The van der Waals surface area contributed by atoms with Crippen LogP contribution in [0.25, 0.3) is 0 Å². The maximum absolute atomic E-state index is 6.12. The lowest BCUT2D eigenvalue weighted by Gasteiger charge is -2.37. The van der Waals surface area contributed by atoms with Gasteiger partial charge in [0.05, 0.1) is 6.04 Å². The number of allylic oxidation sites excluding steroid dienone is 1. The van der Waals surface area contributed by atoms with Crippen LogP contribution in [0, 0.1) is 0 Å². The Morgan fingerprint density at radius 3 is 2.79 bits per heavy atom. The van der Waals surface area contributed by atoms with E-state index in [1.165, 1.54) is 24.9 Å². The molecule has 0 radical (unpaired) electrons. The zero-order chi connectivity index (χ0) is 16.4. The SMILES string of the molecule is Clc1cccc(N2CCN(CCN3C=CC4=CCCCC43)CC2)c1. The Kier molecular flexibility index (Phi) is 4.81. The molecule has 0 saturated carbocycles. The molecular weight excluding hydrogens is 318 g/mol. The summed E-state index contributed by atoms with van der Waals surface area (Å²) in [5.41, 5.74) is 2.80. The fraction of sp³-hybridized carbons (Fsp3) is 0.500. The molecule has 1 unspecified atom stereocenters. The van der Waals surface area contributed by atoms with E-state index in [0.29, 0.717) is 6.04 Å². The molecule has 4 heteroatoms. The molecular formula is C20H26ClN3. The van der Waals surface area contributed by atoms with Crippen molar-refractivity contribution in [2.45, 2.75) is 25.3 Å². The zero-order valence-electron chi connectivity index (χ0n) is 14.2. The van der Waals surface area contributed by atoms with Crippen LogP contribution in [-0.2, 0) is 0 Å². The molecule has 2 heterocycles. The highest BCUT2D eigenvalue weighted by Crippen LogP contribution is 2.29. The molecule has 24 heavy (non-hydrogen) atoms. The Labute approximate surface area is 150 Å². The van der Waals surface area contributed by atoms with Gasteiger partial charge in [0.15, 0.2) is 0 Å². The lowest BCUT2D eigenvalue weighted by Crippen LogP contribution is -2.48. The Balaban J connectivity index is 1.26. The van der Waals surface area contributed by atoms with Gasteiger partial charge in [-0.25, -0.2) is 0 Å². The Morgan fingerprint density at radius 1 is 1.08 bits per heavy atom. The standard InChI is InChI=1S/C20H26ClN3/c21-18-5-3-6-19(16-18)23-13-10-22(11-14-23)12-15-24-9-8-17-4-1-2-7-20(17)24/h3-6,8-9,16,20H,1-2,7,10-15H2. The summed E-state index contributed by atoms with van der Waals surface area (Å²) in [7, 11) is 0. The normalized spacial score (nSPS) is 24.2. The van der Waals surface area contributed by atoms with Crippen molar-refractivity contribution in [2.24, 2.45) is 0 Å². The molecule has 128 valence electrons. The molecule has 1 saturated heterocycles. The molecule has 3 aliphatic rings. The summed E-state index contributed by atoms with van der Waals surface area (Å²) in [6, 6.07) is 8.88. The van der Waals surface area contributed by atoms with E-state index in [-0.39, 0.29) is 0 Å². The predicted octanol–water partition coefficient (Wildman–Crippen LogP) is 3.77. The van der Waals surface area contributed by atoms with E-state index in [2.05, 4.69) is 45.2 Å². The number of fused-ring (bicyclic) bond motifs is 1. The van der Waals surface area contributed by atoms with Gasteiger partial charge >= 0.3 is 0 Å². The minimum atomic E-state index is 0.659. The summed E-state index contributed by atoms with van der Waals surface area (Å²) in [6.07, 6.45) is 11.0. The van der Waals surface area contributed by atoms with Gasteiger partial charge in [-0.2, -0.15) is 0 Å². The van der Waals surface area contributed by atoms with Crippen LogP contribution in [0.2, 0.25) is 5.02 Å². The van der Waals surface area contributed by atoms with Gasteiger partial charge in [0, 0.05) is 56.2 Å². The molecule has 1 aromatic rings. The van der Waals surface area contributed by atoms with Crippen molar-refractivity contribution < 1.29 is 0 Å². The van der Waals surface area contributed by atoms with Gasteiger partial charge in [0.1, 0.15) is 0 Å². The number of benzene rings is 1. The minimum absolute atomic E-state index is 0.659. The van der Waals surface area contributed by atoms with E-state index < -0.39 is 0 Å². The lowest BCUT2D eigenvalue weighted by atomic mass is 9.95. The van der Waals surface area contributed by atoms with Crippen LogP contribution in [0.4, 0.5) is 5.69 Å². The Morgan fingerprint density at radius 2 is 1.96 bits per heavy atom. The molecule has 1 aromatic carbocycles. The monoisotopic (exact) mass is 343 g/mol. The van der Waals surface area contributed by atoms with Gasteiger partial charge in [-0.05, 0) is 49.1 Å². The predicted molar refractivity (Wildman–Crippen MR) is 102 cm³/mol. The van der Waals surface area contributed by atoms with Crippen LogP contribution in [0.3, 0.4) is 0 Å². The van der Waals surface area contributed by atoms with Crippen molar-refractivity contribution in [3.05, 3.63) is 53.2 Å². The van der Waals surface area contributed by atoms with Crippen LogP contribution in [0.5, 0.6) is 0 Å². The number of halogens is 1. The second-order valence-electron chi connectivity index (χ2n) is 7.01. The van der Waals surface area contributed by atoms with Crippen LogP contribution >= 0.6 is 11.6 Å². The number of hydrogen-bond acceptors (Lipinski definition) is 3. The average Bonchev–Trinajstić information content (AvgIpc) is 3.04. The van der Waals surface area contributed by atoms with Crippen LogP contribution in [0.1, 0.15) is 19.3 Å². The van der Waals surface area contributed by atoms with Crippen molar-refractivity contribution in [1.82, 2.24) is 9.80 Å². The van der Waals surface area contributed by atoms with Gasteiger partial charge in [0.25, 0.3) is 0 Å². The van der Waals surface area contributed by atoms with E-state index in [1.54, 1.807) is 5.57 Å². The average molecular weight is 344 g/mol. The van der Waals surface area contributed by atoms with Crippen molar-refractivity contribution in [2.75, 3.05) is 44.2 Å². The smallest absolute Gasteiger partial charge is 0.0535 e. The summed E-state index contributed by atoms with van der Waals surface area (Å²) >= 11 is 6.12. The summed E-state index contributed by atoms with van der Waals surface area (Å²) in [6.45, 7) is 6.76. The van der Waals surface area contributed by atoms with Crippen molar-refractivity contribution in [3.63, 3.8) is 0 Å². The summed E-state index contributed by atoms with van der Waals surface area (Å²) < 4.78 is 0. The molecule has 0 N–H and O–H groups in total. The Hall–Kier alpha value is -1.45. The first-order chi connectivity index (χ1) is 11.8. The number of piperazine rings is 1. The molecule has 1 aliphatic carbocycles. The molecule has 0 aromatic heterocycles. The first-order valence-electron chi connectivity index (χ1n) is 9.16. The largest absolute Gasteiger partial charge is 0.369 e. The van der Waals surface area contributed by atoms with E-state index in [4.69, 9.17) is 11.6 Å². The molecule has 0 amide bonds. The van der Waals surface area contributed by atoms with Crippen molar-refractivity contribution in [3.8, 4) is 0 Å². The summed E-state index contributed by atoms with van der Waals surface area (Å²) in [5.74, 6) is 0. The number of rotatable bonds is 4.